The summed E-state index contributed by atoms with van der Waals surface area (Å²) in [4.78, 5) is 26.4. The number of sulfone groups is 1. The SMILES string of the molecule is CC(C)(C)c1cc2cn(-c3ccc(CNCCCN=C(N)N)cc3)c(=O)nc2[nH]1.CC(C)(C)c1ccc(S(=O)(=O)C[C@@H](O)CN2CCCCC2)cc1. The zero-order valence-corrected chi connectivity index (χ0v) is 32.5. The Balaban J connectivity index is 0.000000239. The van der Waals surface area contributed by atoms with E-state index in [1.54, 1.807) is 16.7 Å². The van der Waals surface area contributed by atoms with Crippen LogP contribution < -0.4 is 22.5 Å². The van der Waals surface area contributed by atoms with Gasteiger partial charge in [0.15, 0.2) is 15.8 Å². The van der Waals surface area contributed by atoms with E-state index in [-0.39, 0.29) is 28.2 Å². The van der Waals surface area contributed by atoms with E-state index >= 15 is 0 Å². The van der Waals surface area contributed by atoms with Crippen molar-refractivity contribution >= 4 is 26.8 Å². The van der Waals surface area contributed by atoms with Gasteiger partial charge in [-0.3, -0.25) is 9.56 Å². The standard InChI is InChI=1S/C21H29N7O.C18H29NO3S/c1-21(2,3)17-11-15-13-28(20(29)27-18(15)26-17)16-7-5-14(6-8-16)12-24-9-4-10-25-19(22)23;1-18(2,3)15-7-9-17(10-8-15)23(21,22)14-16(20)13-19-11-5-4-6-12-19/h5-8,11,13,24H,4,9-10,12H2,1-3H3,(H4,22,23,25)(H,26,27,29);7-10,16,20H,4-6,11-14H2,1-3H3/t;16-/m.0/s1. The van der Waals surface area contributed by atoms with Crippen LogP contribution in [0.3, 0.4) is 0 Å². The van der Waals surface area contributed by atoms with Gasteiger partial charge in [0.1, 0.15) is 5.65 Å². The number of β-amino-alcohol motifs (C(OH)–C–C–N with tert-alkyl or cyclic N) is 1. The van der Waals surface area contributed by atoms with Crippen LogP contribution in [0.5, 0.6) is 0 Å². The van der Waals surface area contributed by atoms with Crippen LogP contribution >= 0.6 is 0 Å². The van der Waals surface area contributed by atoms with Crippen molar-refractivity contribution in [3.05, 3.63) is 88.1 Å². The highest BCUT2D eigenvalue weighted by atomic mass is 32.2. The zero-order valence-electron chi connectivity index (χ0n) is 31.7. The molecule has 0 bridgehead atoms. The second-order valence-corrected chi connectivity index (χ2v) is 17.7. The van der Waals surface area contributed by atoms with Gasteiger partial charge in [-0.1, -0.05) is 72.2 Å². The molecule has 2 aromatic heterocycles. The quantitative estimate of drug-likeness (QED) is 0.0801. The molecule has 7 N–H and O–H groups in total. The lowest BCUT2D eigenvalue weighted by molar-refractivity contribution is 0.116. The molecule has 0 amide bonds. The summed E-state index contributed by atoms with van der Waals surface area (Å²) < 4.78 is 26.5. The maximum Gasteiger partial charge on any atom is 0.354 e. The van der Waals surface area contributed by atoms with Crippen LogP contribution in [0.2, 0.25) is 0 Å². The molecule has 284 valence electrons. The molecular weight excluding hydrogens is 677 g/mol. The van der Waals surface area contributed by atoms with Gasteiger partial charge in [0.2, 0.25) is 0 Å². The zero-order chi connectivity index (χ0) is 38.1. The number of nitrogens with zero attached hydrogens (tertiary/aromatic N) is 4. The summed E-state index contributed by atoms with van der Waals surface area (Å²) in [7, 11) is -3.45. The molecule has 3 heterocycles. The number of aliphatic imine (C=N–C) groups is 1. The second-order valence-electron chi connectivity index (χ2n) is 15.7. The molecule has 52 heavy (non-hydrogen) atoms. The number of H-pyrrole nitrogens is 1. The average Bonchev–Trinajstić information content (AvgIpc) is 3.50. The Hall–Kier alpha value is -4.04. The number of fused-ring (bicyclic) bond motifs is 1. The molecule has 1 aliphatic heterocycles. The van der Waals surface area contributed by atoms with Crippen LogP contribution in [-0.4, -0.2) is 83.5 Å². The molecule has 0 radical (unpaired) electrons. The number of aromatic amines is 1. The third kappa shape index (κ3) is 12.0. The van der Waals surface area contributed by atoms with Gasteiger partial charge < -0.3 is 31.8 Å². The summed E-state index contributed by atoms with van der Waals surface area (Å²) in [6.07, 6.45) is 5.37. The number of benzene rings is 2. The molecular formula is C39H58N8O4S. The summed E-state index contributed by atoms with van der Waals surface area (Å²) in [6.45, 7) is 17.2. The van der Waals surface area contributed by atoms with Gasteiger partial charge in [-0.05, 0) is 85.8 Å². The molecule has 0 unspecified atom stereocenters. The molecule has 5 rings (SSSR count). The van der Waals surface area contributed by atoms with E-state index in [0.29, 0.717) is 23.6 Å². The van der Waals surface area contributed by atoms with Gasteiger partial charge >= 0.3 is 5.69 Å². The first kappa shape index (κ1) is 40.7. The van der Waals surface area contributed by atoms with Crippen molar-refractivity contribution in [2.45, 2.75) is 95.6 Å². The van der Waals surface area contributed by atoms with Gasteiger partial charge in [0.25, 0.3) is 0 Å². The summed E-state index contributed by atoms with van der Waals surface area (Å²) >= 11 is 0. The minimum atomic E-state index is -3.45. The number of guanidine groups is 1. The normalized spacial score (nSPS) is 14.8. The molecule has 13 heteroatoms. The van der Waals surface area contributed by atoms with Gasteiger partial charge in [-0.2, -0.15) is 4.98 Å². The van der Waals surface area contributed by atoms with Crippen molar-refractivity contribution in [2.75, 3.05) is 38.5 Å². The first-order chi connectivity index (χ1) is 24.4. The van der Waals surface area contributed by atoms with E-state index in [1.165, 1.54) is 6.42 Å². The van der Waals surface area contributed by atoms with Crippen molar-refractivity contribution in [1.82, 2.24) is 24.8 Å². The smallest absolute Gasteiger partial charge is 0.354 e. The maximum absolute atomic E-state index is 12.5. The monoisotopic (exact) mass is 734 g/mol. The van der Waals surface area contributed by atoms with Crippen LogP contribution in [0.1, 0.15) is 84.0 Å². The summed E-state index contributed by atoms with van der Waals surface area (Å²) in [5.74, 6) is -0.0870. The van der Waals surface area contributed by atoms with Crippen molar-refractivity contribution in [2.24, 2.45) is 16.5 Å². The molecule has 2 aromatic carbocycles. The van der Waals surface area contributed by atoms with Gasteiger partial charge in [-0.15, -0.1) is 0 Å². The molecule has 0 saturated carbocycles. The highest BCUT2D eigenvalue weighted by Gasteiger charge is 2.23. The van der Waals surface area contributed by atoms with Crippen LogP contribution in [0.15, 0.2) is 75.5 Å². The number of hydrogen-bond donors (Lipinski definition) is 5. The van der Waals surface area contributed by atoms with E-state index in [0.717, 1.165) is 73.3 Å². The van der Waals surface area contributed by atoms with Crippen LogP contribution in [0, 0.1) is 0 Å². The van der Waals surface area contributed by atoms with E-state index < -0.39 is 15.9 Å². The summed E-state index contributed by atoms with van der Waals surface area (Å²) in [5.41, 5.74) is 15.0. The predicted molar refractivity (Wildman–Crippen MR) is 211 cm³/mol. The number of rotatable bonds is 12. The topological polar surface area (TPSA) is 185 Å². The third-order valence-corrected chi connectivity index (χ3v) is 10.9. The fourth-order valence-corrected chi connectivity index (χ4v) is 7.36. The van der Waals surface area contributed by atoms with Crippen molar-refractivity contribution in [3.8, 4) is 5.69 Å². The Bertz CT molecular complexity index is 1930. The Kier molecular flexibility index (Phi) is 13.8. The van der Waals surface area contributed by atoms with Crippen molar-refractivity contribution in [1.29, 1.82) is 0 Å². The molecule has 4 aromatic rings. The number of hydrogen-bond acceptors (Lipinski definition) is 8. The Labute approximate surface area is 308 Å². The number of nitrogens with two attached hydrogens (primary N) is 2. The lowest BCUT2D eigenvalue weighted by atomic mass is 9.87. The Morgan fingerprint density at radius 3 is 2.23 bits per heavy atom. The number of aliphatic hydroxyl groups is 1. The molecule has 0 spiro atoms. The number of likely N-dealkylation sites (tertiary alicyclic amines) is 1. The maximum atomic E-state index is 12.5. The average molecular weight is 735 g/mol. The Morgan fingerprint density at radius 1 is 0.981 bits per heavy atom. The van der Waals surface area contributed by atoms with Gasteiger partial charge in [0, 0.05) is 42.3 Å². The molecule has 1 atom stereocenters. The van der Waals surface area contributed by atoms with E-state index in [1.807, 2.05) is 42.6 Å². The van der Waals surface area contributed by atoms with E-state index in [9.17, 15) is 18.3 Å². The van der Waals surface area contributed by atoms with Crippen LogP contribution in [-0.2, 0) is 27.2 Å². The fraction of sp³-hybridized carbons (Fsp3) is 0.513. The third-order valence-electron chi connectivity index (χ3n) is 9.07. The first-order valence-electron chi connectivity index (χ1n) is 18.1. The molecule has 1 saturated heterocycles. The number of piperidine rings is 1. The lowest BCUT2D eigenvalue weighted by Crippen LogP contribution is -2.39. The molecule has 1 fully saturated rings. The molecule has 0 aliphatic carbocycles. The highest BCUT2D eigenvalue weighted by Crippen LogP contribution is 2.25. The number of aliphatic hydroxyl groups excluding tert-OH is 1. The predicted octanol–water partition coefficient (Wildman–Crippen LogP) is 4.37. The molecule has 1 aliphatic rings. The first-order valence-corrected chi connectivity index (χ1v) is 19.8. The molecule has 12 nitrogen and oxygen atoms in total. The minimum absolute atomic E-state index is 0.00390. The lowest BCUT2D eigenvalue weighted by Gasteiger charge is -2.28. The van der Waals surface area contributed by atoms with E-state index in [2.05, 4.69) is 72.8 Å². The minimum Gasteiger partial charge on any atom is -0.391 e. The van der Waals surface area contributed by atoms with Gasteiger partial charge in [0.05, 0.1) is 22.4 Å². The largest absolute Gasteiger partial charge is 0.391 e. The number of nitrogens with one attached hydrogen (secondary N) is 2. The van der Waals surface area contributed by atoms with Gasteiger partial charge in [-0.25, -0.2) is 13.2 Å². The number of aromatic nitrogens is 3. The fourth-order valence-electron chi connectivity index (χ4n) is 6.01. The summed E-state index contributed by atoms with van der Waals surface area (Å²) in [5, 5.41) is 14.4. The van der Waals surface area contributed by atoms with E-state index in [4.69, 9.17) is 11.5 Å². The highest BCUT2D eigenvalue weighted by molar-refractivity contribution is 7.91. The van der Waals surface area contributed by atoms with Crippen LogP contribution in [0.25, 0.3) is 16.7 Å². The second kappa shape index (κ2) is 17.7. The van der Waals surface area contributed by atoms with Crippen molar-refractivity contribution < 1.29 is 13.5 Å². The van der Waals surface area contributed by atoms with Crippen LogP contribution in [0.4, 0.5) is 0 Å². The summed E-state index contributed by atoms with van der Waals surface area (Å²) in [6, 6.07) is 17.0. The van der Waals surface area contributed by atoms with Crippen molar-refractivity contribution in [3.63, 3.8) is 0 Å². The Morgan fingerprint density at radius 2 is 1.63 bits per heavy atom.